The molecule has 0 radical (unpaired) electrons. The number of benzene rings is 1. The zero-order valence-corrected chi connectivity index (χ0v) is 13.2. The van der Waals surface area contributed by atoms with Crippen LogP contribution in [0.4, 0.5) is 10.1 Å². The molecule has 0 bridgehead atoms. The number of carbonyl (C=O) groups excluding carboxylic acids is 1. The molecular formula is C16H16FN5O3. The molecular weight excluding hydrogens is 329 g/mol. The van der Waals surface area contributed by atoms with Crippen LogP contribution < -0.4 is 5.32 Å². The smallest absolute Gasteiger partial charge is 0.306 e. The molecule has 0 saturated carbocycles. The number of nitrogens with one attached hydrogen (secondary N) is 2. The molecule has 2 heterocycles. The third-order valence-corrected chi connectivity index (χ3v) is 3.84. The molecule has 130 valence electrons. The number of nitrogens with zero attached hydrogens (tertiary/aromatic N) is 3. The normalized spacial score (nSPS) is 10.9. The Balaban J connectivity index is 1.47. The van der Waals surface area contributed by atoms with Crippen LogP contribution in [0.5, 0.6) is 0 Å². The molecule has 0 aliphatic heterocycles. The van der Waals surface area contributed by atoms with Crippen LogP contribution in [-0.2, 0) is 17.8 Å². The topological polar surface area (TPSA) is 106 Å². The lowest BCUT2D eigenvalue weighted by Gasteiger charge is -2.05. The Hall–Kier alpha value is -3.23. The van der Waals surface area contributed by atoms with Crippen LogP contribution in [0.3, 0.4) is 0 Å². The van der Waals surface area contributed by atoms with Gasteiger partial charge in [0.15, 0.2) is 0 Å². The third-order valence-electron chi connectivity index (χ3n) is 3.84. The molecule has 0 unspecified atom stereocenters. The highest BCUT2D eigenvalue weighted by molar-refractivity contribution is 5.83. The number of fused-ring (bicyclic) bond motifs is 1. The Morgan fingerprint density at radius 3 is 3.04 bits per heavy atom. The maximum absolute atomic E-state index is 13.3. The van der Waals surface area contributed by atoms with E-state index in [1.54, 1.807) is 12.3 Å². The maximum Gasteiger partial charge on any atom is 0.306 e. The minimum absolute atomic E-state index is 0.105. The average Bonchev–Trinajstić information content (AvgIpc) is 3.20. The zero-order chi connectivity index (χ0) is 17.8. The first-order valence-electron chi connectivity index (χ1n) is 7.72. The van der Waals surface area contributed by atoms with Gasteiger partial charge in [-0.2, -0.15) is 5.10 Å². The van der Waals surface area contributed by atoms with Crippen molar-refractivity contribution in [2.24, 2.45) is 0 Å². The van der Waals surface area contributed by atoms with E-state index in [0.29, 0.717) is 13.0 Å². The fraction of sp³-hybridized carbons (Fsp3) is 0.250. The molecule has 25 heavy (non-hydrogen) atoms. The molecule has 0 fully saturated rings. The molecule has 2 aromatic heterocycles. The minimum Gasteiger partial charge on any atom is -0.361 e. The number of H-pyrrole nitrogens is 1. The summed E-state index contributed by atoms with van der Waals surface area (Å²) in [4.78, 5) is 24.9. The minimum atomic E-state index is -0.534. The molecule has 0 aliphatic carbocycles. The van der Waals surface area contributed by atoms with Crippen molar-refractivity contribution in [2.45, 2.75) is 19.4 Å². The SMILES string of the molecule is O=C(CCn1cc([N+](=O)[O-])cn1)NCCc1c[nH]c2ccc(F)cc12. The highest BCUT2D eigenvalue weighted by Crippen LogP contribution is 2.19. The summed E-state index contributed by atoms with van der Waals surface area (Å²) in [6.07, 6.45) is 4.98. The van der Waals surface area contributed by atoms with Crippen LogP contribution in [0.1, 0.15) is 12.0 Å². The van der Waals surface area contributed by atoms with Gasteiger partial charge in [-0.3, -0.25) is 19.6 Å². The highest BCUT2D eigenvalue weighted by atomic mass is 19.1. The molecule has 9 heteroatoms. The number of amides is 1. The van der Waals surface area contributed by atoms with Gasteiger partial charge in [-0.15, -0.1) is 0 Å². The maximum atomic E-state index is 13.3. The second-order valence-corrected chi connectivity index (χ2v) is 5.57. The van der Waals surface area contributed by atoms with Gasteiger partial charge in [0, 0.05) is 36.6 Å². The van der Waals surface area contributed by atoms with E-state index in [2.05, 4.69) is 15.4 Å². The molecule has 0 spiro atoms. The van der Waals surface area contributed by atoms with Gasteiger partial charge in [-0.25, -0.2) is 4.39 Å². The van der Waals surface area contributed by atoms with Gasteiger partial charge in [-0.05, 0) is 30.2 Å². The van der Waals surface area contributed by atoms with Gasteiger partial charge in [0.1, 0.15) is 18.2 Å². The summed E-state index contributed by atoms with van der Waals surface area (Å²) in [6, 6.07) is 4.54. The van der Waals surface area contributed by atoms with E-state index in [-0.39, 0.29) is 30.4 Å². The van der Waals surface area contributed by atoms with Crippen LogP contribution in [0.15, 0.2) is 36.8 Å². The lowest BCUT2D eigenvalue weighted by Crippen LogP contribution is -2.26. The Morgan fingerprint density at radius 2 is 2.28 bits per heavy atom. The number of aromatic nitrogens is 3. The molecule has 8 nitrogen and oxygen atoms in total. The molecule has 3 aromatic rings. The van der Waals surface area contributed by atoms with Crippen LogP contribution >= 0.6 is 0 Å². The fourth-order valence-corrected chi connectivity index (χ4v) is 2.57. The van der Waals surface area contributed by atoms with E-state index in [0.717, 1.165) is 22.7 Å². The Kier molecular flexibility index (Phi) is 4.73. The van der Waals surface area contributed by atoms with Crippen molar-refractivity contribution in [3.05, 3.63) is 58.3 Å². The predicted octanol–water partition coefficient (Wildman–Crippen LogP) is 2.16. The number of aromatic amines is 1. The van der Waals surface area contributed by atoms with E-state index in [1.807, 2.05) is 0 Å². The van der Waals surface area contributed by atoms with Gasteiger partial charge < -0.3 is 10.3 Å². The summed E-state index contributed by atoms with van der Waals surface area (Å²) in [6.45, 7) is 0.680. The van der Waals surface area contributed by atoms with Crippen LogP contribution in [0.2, 0.25) is 0 Å². The number of hydrogen-bond acceptors (Lipinski definition) is 4. The van der Waals surface area contributed by atoms with Crippen molar-refractivity contribution in [3.8, 4) is 0 Å². The van der Waals surface area contributed by atoms with E-state index in [4.69, 9.17) is 0 Å². The van der Waals surface area contributed by atoms with Crippen molar-refractivity contribution < 1.29 is 14.1 Å². The van der Waals surface area contributed by atoms with Crippen LogP contribution in [-0.4, -0.2) is 32.1 Å². The van der Waals surface area contributed by atoms with Crippen molar-refractivity contribution in [2.75, 3.05) is 6.54 Å². The van der Waals surface area contributed by atoms with Crippen LogP contribution in [0, 0.1) is 15.9 Å². The number of halogens is 1. The summed E-state index contributed by atoms with van der Waals surface area (Å²) in [5.74, 6) is -0.477. The highest BCUT2D eigenvalue weighted by Gasteiger charge is 2.10. The number of carbonyl (C=O) groups is 1. The number of aryl methyl sites for hydroxylation is 1. The number of rotatable bonds is 7. The van der Waals surface area contributed by atoms with Crippen LogP contribution in [0.25, 0.3) is 10.9 Å². The van der Waals surface area contributed by atoms with Gasteiger partial charge in [0.2, 0.25) is 5.91 Å². The van der Waals surface area contributed by atoms with Crippen molar-refractivity contribution in [1.82, 2.24) is 20.1 Å². The van der Waals surface area contributed by atoms with Crippen molar-refractivity contribution in [1.29, 1.82) is 0 Å². The number of nitro groups is 1. The Bertz CT molecular complexity index is 918. The van der Waals surface area contributed by atoms with Gasteiger partial charge in [-0.1, -0.05) is 0 Å². The first-order valence-corrected chi connectivity index (χ1v) is 7.72. The van der Waals surface area contributed by atoms with E-state index < -0.39 is 4.92 Å². The molecule has 2 N–H and O–H groups in total. The van der Waals surface area contributed by atoms with E-state index in [9.17, 15) is 19.3 Å². The predicted molar refractivity (Wildman–Crippen MR) is 88.5 cm³/mol. The van der Waals surface area contributed by atoms with Gasteiger partial charge >= 0.3 is 5.69 Å². The number of hydrogen-bond donors (Lipinski definition) is 2. The summed E-state index contributed by atoms with van der Waals surface area (Å²) in [5.41, 5.74) is 1.67. The van der Waals surface area contributed by atoms with E-state index >= 15 is 0 Å². The fourth-order valence-electron chi connectivity index (χ4n) is 2.57. The second-order valence-electron chi connectivity index (χ2n) is 5.57. The zero-order valence-electron chi connectivity index (χ0n) is 13.2. The molecule has 1 amide bonds. The quantitative estimate of drug-likeness (QED) is 0.505. The molecule has 0 aliphatic rings. The third kappa shape index (κ3) is 4.00. The lowest BCUT2D eigenvalue weighted by atomic mass is 10.1. The average molecular weight is 345 g/mol. The first kappa shape index (κ1) is 16.6. The Labute approximate surface area is 141 Å². The summed E-state index contributed by atoms with van der Waals surface area (Å²) < 4.78 is 14.7. The molecule has 0 atom stereocenters. The Morgan fingerprint density at radius 1 is 1.44 bits per heavy atom. The monoisotopic (exact) mass is 345 g/mol. The van der Waals surface area contributed by atoms with Crippen molar-refractivity contribution in [3.63, 3.8) is 0 Å². The summed E-state index contributed by atoms with van der Waals surface area (Å²) in [7, 11) is 0. The molecule has 3 rings (SSSR count). The van der Waals surface area contributed by atoms with Crippen molar-refractivity contribution >= 4 is 22.5 Å². The lowest BCUT2D eigenvalue weighted by molar-refractivity contribution is -0.385. The van der Waals surface area contributed by atoms with Gasteiger partial charge in [0.05, 0.1) is 4.92 Å². The largest absolute Gasteiger partial charge is 0.361 e. The van der Waals surface area contributed by atoms with E-state index in [1.165, 1.54) is 23.0 Å². The summed E-state index contributed by atoms with van der Waals surface area (Å²) >= 11 is 0. The summed E-state index contributed by atoms with van der Waals surface area (Å²) in [5, 5.41) is 18.0. The first-order chi connectivity index (χ1) is 12.0. The molecule has 0 saturated heterocycles. The standard InChI is InChI=1S/C16H16FN5O3/c17-12-1-2-15-14(7-12)11(8-19-15)3-5-18-16(23)4-6-21-10-13(9-20-21)22(24)25/h1-2,7-10,19H,3-6H2,(H,18,23). The second kappa shape index (κ2) is 7.12. The molecule has 1 aromatic carbocycles. The van der Waals surface area contributed by atoms with Gasteiger partial charge in [0.25, 0.3) is 0 Å².